The Kier molecular flexibility index (Phi) is 4.31. The lowest BCUT2D eigenvalue weighted by molar-refractivity contribution is -0.233. The molecular formula is C10H20O4. The van der Waals surface area contributed by atoms with Crippen LogP contribution in [0.1, 0.15) is 13.8 Å². The molecule has 0 unspecified atom stereocenters. The molecule has 1 heterocycles. The Morgan fingerprint density at radius 1 is 0.714 bits per heavy atom. The Bertz CT molecular complexity index is 158. The number of methoxy groups -OCH3 is 3. The van der Waals surface area contributed by atoms with Crippen LogP contribution in [0.2, 0.25) is 0 Å². The summed E-state index contributed by atoms with van der Waals surface area (Å²) in [6, 6.07) is 0. The molecule has 5 atom stereocenters. The maximum atomic E-state index is 5.70. The van der Waals surface area contributed by atoms with Gasteiger partial charge in [-0.05, 0) is 13.8 Å². The first-order chi connectivity index (χ1) is 6.65. The van der Waals surface area contributed by atoms with Crippen molar-refractivity contribution in [2.45, 2.75) is 44.4 Å². The van der Waals surface area contributed by atoms with Crippen molar-refractivity contribution >= 4 is 0 Å². The molecule has 1 aliphatic heterocycles. The lowest BCUT2D eigenvalue weighted by atomic mass is 9.96. The van der Waals surface area contributed by atoms with Crippen LogP contribution in [0.5, 0.6) is 0 Å². The monoisotopic (exact) mass is 204 g/mol. The van der Waals surface area contributed by atoms with E-state index in [-0.39, 0.29) is 30.5 Å². The molecule has 1 saturated heterocycles. The molecule has 0 aromatic heterocycles. The van der Waals surface area contributed by atoms with E-state index in [0.717, 1.165) is 0 Å². The van der Waals surface area contributed by atoms with E-state index in [2.05, 4.69) is 0 Å². The standard InChI is InChI=1S/C10H20O4/c1-6-8(11-3)10(13-5)9(12-4)7(2)14-6/h6-10H,1-5H3/t6-,7+,8-,9-,10+/m0/s1. The summed E-state index contributed by atoms with van der Waals surface area (Å²) in [5.74, 6) is 0. The second-order valence-electron chi connectivity index (χ2n) is 3.65. The zero-order chi connectivity index (χ0) is 10.7. The molecule has 0 aromatic rings. The molecule has 0 amide bonds. The molecule has 1 rings (SSSR count). The van der Waals surface area contributed by atoms with E-state index in [0.29, 0.717) is 0 Å². The molecule has 84 valence electrons. The van der Waals surface area contributed by atoms with Crippen molar-refractivity contribution in [1.82, 2.24) is 0 Å². The molecule has 4 heteroatoms. The smallest absolute Gasteiger partial charge is 0.114 e. The van der Waals surface area contributed by atoms with Crippen molar-refractivity contribution in [3.63, 3.8) is 0 Å². The Labute approximate surface area is 85.5 Å². The van der Waals surface area contributed by atoms with Crippen molar-refractivity contribution in [2.24, 2.45) is 0 Å². The van der Waals surface area contributed by atoms with Crippen LogP contribution >= 0.6 is 0 Å². The van der Waals surface area contributed by atoms with Gasteiger partial charge in [0.2, 0.25) is 0 Å². The van der Waals surface area contributed by atoms with Gasteiger partial charge < -0.3 is 18.9 Å². The zero-order valence-corrected chi connectivity index (χ0v) is 9.52. The van der Waals surface area contributed by atoms with Crippen molar-refractivity contribution in [2.75, 3.05) is 21.3 Å². The molecule has 1 aliphatic rings. The third-order valence-electron chi connectivity index (χ3n) is 2.82. The molecule has 1 fully saturated rings. The maximum Gasteiger partial charge on any atom is 0.114 e. The second kappa shape index (κ2) is 5.07. The van der Waals surface area contributed by atoms with Gasteiger partial charge in [0.15, 0.2) is 0 Å². The summed E-state index contributed by atoms with van der Waals surface area (Å²) >= 11 is 0. The largest absolute Gasteiger partial charge is 0.376 e. The van der Waals surface area contributed by atoms with Gasteiger partial charge in [-0.15, -0.1) is 0 Å². The Balaban J connectivity index is 2.76. The summed E-state index contributed by atoms with van der Waals surface area (Å²) in [7, 11) is 5.01. The molecule has 14 heavy (non-hydrogen) atoms. The fourth-order valence-electron chi connectivity index (χ4n) is 2.13. The van der Waals surface area contributed by atoms with Crippen LogP contribution in [0.25, 0.3) is 0 Å². The van der Waals surface area contributed by atoms with E-state index in [9.17, 15) is 0 Å². The van der Waals surface area contributed by atoms with Gasteiger partial charge in [-0.25, -0.2) is 0 Å². The van der Waals surface area contributed by atoms with Gasteiger partial charge in [0, 0.05) is 21.3 Å². The highest BCUT2D eigenvalue weighted by Crippen LogP contribution is 2.26. The van der Waals surface area contributed by atoms with E-state index in [1.54, 1.807) is 21.3 Å². The van der Waals surface area contributed by atoms with Crippen molar-refractivity contribution < 1.29 is 18.9 Å². The lowest BCUT2D eigenvalue weighted by Gasteiger charge is -2.42. The number of rotatable bonds is 3. The third-order valence-corrected chi connectivity index (χ3v) is 2.82. The van der Waals surface area contributed by atoms with Crippen LogP contribution < -0.4 is 0 Å². The molecule has 0 radical (unpaired) electrons. The van der Waals surface area contributed by atoms with Crippen LogP contribution in [0.3, 0.4) is 0 Å². The molecule has 0 aliphatic carbocycles. The highest BCUT2D eigenvalue weighted by Gasteiger charge is 2.43. The van der Waals surface area contributed by atoms with Crippen molar-refractivity contribution in [1.29, 1.82) is 0 Å². The molecule has 0 bridgehead atoms. The quantitative estimate of drug-likeness (QED) is 0.682. The van der Waals surface area contributed by atoms with Gasteiger partial charge in [-0.3, -0.25) is 0 Å². The van der Waals surface area contributed by atoms with Gasteiger partial charge in [-0.1, -0.05) is 0 Å². The van der Waals surface area contributed by atoms with E-state index < -0.39 is 0 Å². The highest BCUT2D eigenvalue weighted by atomic mass is 16.6. The average molecular weight is 204 g/mol. The van der Waals surface area contributed by atoms with Gasteiger partial charge in [0.25, 0.3) is 0 Å². The van der Waals surface area contributed by atoms with Crippen LogP contribution in [-0.4, -0.2) is 51.8 Å². The fraction of sp³-hybridized carbons (Fsp3) is 1.00. The molecule has 0 spiro atoms. The number of hydrogen-bond donors (Lipinski definition) is 0. The third kappa shape index (κ3) is 2.08. The summed E-state index contributed by atoms with van der Waals surface area (Å²) in [4.78, 5) is 0. The van der Waals surface area contributed by atoms with Gasteiger partial charge in [-0.2, -0.15) is 0 Å². The van der Waals surface area contributed by atoms with Crippen molar-refractivity contribution in [3.8, 4) is 0 Å². The molecule has 4 nitrogen and oxygen atoms in total. The Hall–Kier alpha value is -0.160. The van der Waals surface area contributed by atoms with Gasteiger partial charge in [0.1, 0.15) is 18.3 Å². The fourth-order valence-corrected chi connectivity index (χ4v) is 2.13. The first-order valence-corrected chi connectivity index (χ1v) is 4.89. The van der Waals surface area contributed by atoms with Gasteiger partial charge >= 0.3 is 0 Å². The Morgan fingerprint density at radius 3 is 1.36 bits per heavy atom. The van der Waals surface area contributed by atoms with E-state index in [1.165, 1.54) is 0 Å². The van der Waals surface area contributed by atoms with Gasteiger partial charge in [0.05, 0.1) is 12.2 Å². The second-order valence-corrected chi connectivity index (χ2v) is 3.65. The van der Waals surface area contributed by atoms with Crippen molar-refractivity contribution in [3.05, 3.63) is 0 Å². The first kappa shape index (κ1) is 11.9. The summed E-state index contributed by atoms with van der Waals surface area (Å²) in [6.45, 7) is 3.98. The average Bonchev–Trinajstić information content (AvgIpc) is 2.16. The summed E-state index contributed by atoms with van der Waals surface area (Å²) in [5, 5.41) is 0. The summed E-state index contributed by atoms with van der Waals surface area (Å²) < 4.78 is 21.8. The predicted octanol–water partition coefficient (Wildman–Crippen LogP) is 0.839. The molecular weight excluding hydrogens is 184 g/mol. The van der Waals surface area contributed by atoms with E-state index >= 15 is 0 Å². The number of ether oxygens (including phenoxy) is 4. The summed E-state index contributed by atoms with van der Waals surface area (Å²) in [6.07, 6.45) is -0.135. The van der Waals surface area contributed by atoms with Crippen LogP contribution in [0.15, 0.2) is 0 Å². The highest BCUT2D eigenvalue weighted by molar-refractivity contribution is 4.91. The number of hydrogen-bond acceptors (Lipinski definition) is 4. The zero-order valence-electron chi connectivity index (χ0n) is 9.52. The first-order valence-electron chi connectivity index (χ1n) is 4.89. The predicted molar refractivity (Wildman–Crippen MR) is 52.4 cm³/mol. The Morgan fingerprint density at radius 2 is 1.07 bits per heavy atom. The normalized spacial score (nSPS) is 43.9. The lowest BCUT2D eigenvalue weighted by Crippen LogP contribution is -2.57. The molecule has 0 saturated carbocycles. The van der Waals surface area contributed by atoms with Crippen LogP contribution in [-0.2, 0) is 18.9 Å². The van der Waals surface area contributed by atoms with Crippen LogP contribution in [0, 0.1) is 0 Å². The SMILES string of the molecule is CO[C@@H]1[C@@H](OC)[C@H](C)O[C@H](C)[C@@H]1OC. The van der Waals surface area contributed by atoms with Crippen LogP contribution in [0.4, 0.5) is 0 Å². The minimum Gasteiger partial charge on any atom is -0.376 e. The topological polar surface area (TPSA) is 36.9 Å². The van der Waals surface area contributed by atoms with E-state index in [4.69, 9.17) is 18.9 Å². The molecule has 0 N–H and O–H groups in total. The van der Waals surface area contributed by atoms with E-state index in [1.807, 2.05) is 13.8 Å². The summed E-state index contributed by atoms with van der Waals surface area (Å²) in [5.41, 5.74) is 0. The maximum absolute atomic E-state index is 5.70. The minimum absolute atomic E-state index is 0.0337. The minimum atomic E-state index is -0.0684. The molecule has 0 aromatic carbocycles.